The van der Waals surface area contributed by atoms with Crippen molar-refractivity contribution in [2.24, 2.45) is 0 Å². The van der Waals surface area contributed by atoms with Crippen LogP contribution in [0.15, 0.2) is 6.07 Å². The van der Waals surface area contributed by atoms with Gasteiger partial charge in [-0.1, -0.05) is 6.07 Å². The summed E-state index contributed by atoms with van der Waals surface area (Å²) in [5.41, 5.74) is 6.62. The number of nitrogens with zero attached hydrogens (tertiary/aromatic N) is 2. The third kappa shape index (κ3) is 4.62. The lowest BCUT2D eigenvalue weighted by Crippen LogP contribution is -2.38. The molecule has 0 unspecified atom stereocenters. The van der Waals surface area contributed by atoms with Crippen LogP contribution in [0.4, 0.5) is 10.5 Å². The molecule has 5 heteroatoms. The fourth-order valence-corrected chi connectivity index (χ4v) is 4.46. The Balaban J connectivity index is 1.84. The topological polar surface area (TPSA) is 42.0 Å². The molecule has 0 saturated heterocycles. The summed E-state index contributed by atoms with van der Waals surface area (Å²) in [4.78, 5) is 16.9. The van der Waals surface area contributed by atoms with Crippen molar-refractivity contribution < 1.29 is 14.3 Å². The monoisotopic (exact) mass is 388 g/mol. The molecule has 1 aromatic rings. The van der Waals surface area contributed by atoms with Gasteiger partial charge in [0.2, 0.25) is 0 Å². The Morgan fingerprint density at radius 1 is 1.14 bits per heavy atom. The number of anilines is 1. The van der Waals surface area contributed by atoms with Gasteiger partial charge in [0.1, 0.15) is 5.60 Å². The van der Waals surface area contributed by atoms with Crippen LogP contribution < -0.4 is 4.90 Å². The Morgan fingerprint density at radius 3 is 2.54 bits per heavy atom. The zero-order chi connectivity index (χ0) is 20.5. The summed E-state index contributed by atoms with van der Waals surface area (Å²) in [5, 5.41) is 0. The summed E-state index contributed by atoms with van der Waals surface area (Å²) in [6.45, 7) is 13.6. The van der Waals surface area contributed by atoms with Gasteiger partial charge in [-0.15, -0.1) is 0 Å². The van der Waals surface area contributed by atoms with E-state index in [-0.39, 0.29) is 12.2 Å². The van der Waals surface area contributed by atoms with Gasteiger partial charge in [-0.3, -0.25) is 0 Å². The molecule has 1 aromatic carbocycles. The smallest absolute Gasteiger partial charge is 0.410 e. The molecular weight excluding hydrogens is 352 g/mol. The molecule has 5 nitrogen and oxygen atoms in total. The Kier molecular flexibility index (Phi) is 6.23. The van der Waals surface area contributed by atoms with E-state index in [2.05, 4.69) is 24.8 Å². The first-order valence-electron chi connectivity index (χ1n) is 10.6. The molecule has 0 N–H and O–H groups in total. The Labute approximate surface area is 170 Å². The normalized spacial score (nSPS) is 18.2. The number of hydrogen-bond donors (Lipinski definition) is 0. The van der Waals surface area contributed by atoms with E-state index < -0.39 is 5.60 Å². The molecule has 2 aliphatic heterocycles. The van der Waals surface area contributed by atoms with Gasteiger partial charge < -0.3 is 19.3 Å². The molecule has 0 aliphatic carbocycles. The van der Waals surface area contributed by atoms with Crippen molar-refractivity contribution in [3.05, 3.63) is 28.3 Å². The van der Waals surface area contributed by atoms with Crippen molar-refractivity contribution in [1.29, 1.82) is 0 Å². The number of aryl methyl sites for hydroxylation is 1. The molecule has 2 aliphatic rings. The second kappa shape index (κ2) is 8.32. The van der Waals surface area contributed by atoms with Gasteiger partial charge >= 0.3 is 6.09 Å². The highest BCUT2D eigenvalue weighted by atomic mass is 16.6. The van der Waals surface area contributed by atoms with Crippen LogP contribution in [0.3, 0.4) is 0 Å². The lowest BCUT2D eigenvalue weighted by atomic mass is 9.89. The minimum Gasteiger partial charge on any atom is -0.444 e. The average Bonchev–Trinajstić information content (AvgIpc) is 2.83. The maximum atomic E-state index is 12.5. The summed E-state index contributed by atoms with van der Waals surface area (Å²) in [7, 11) is 1.78. The summed E-state index contributed by atoms with van der Waals surface area (Å²) in [5.74, 6) is 0. The van der Waals surface area contributed by atoms with Crippen LogP contribution in [0.25, 0.3) is 0 Å². The molecule has 3 rings (SSSR count). The van der Waals surface area contributed by atoms with Gasteiger partial charge in [-0.25, -0.2) is 4.79 Å². The van der Waals surface area contributed by atoms with Crippen LogP contribution in [-0.2, 0) is 28.7 Å². The molecule has 156 valence electrons. The molecule has 1 atom stereocenters. The highest BCUT2D eigenvalue weighted by Crippen LogP contribution is 2.36. The van der Waals surface area contributed by atoms with Gasteiger partial charge in [0.15, 0.2) is 0 Å². The molecular formula is C23H36N2O3. The van der Waals surface area contributed by atoms with E-state index in [9.17, 15) is 4.79 Å². The maximum absolute atomic E-state index is 12.5. The molecule has 0 radical (unpaired) electrons. The minimum atomic E-state index is -0.455. The van der Waals surface area contributed by atoms with Crippen molar-refractivity contribution in [3.63, 3.8) is 0 Å². The Hall–Kier alpha value is -1.75. The van der Waals surface area contributed by atoms with E-state index in [1.54, 1.807) is 7.11 Å². The molecule has 0 bridgehead atoms. The molecule has 2 heterocycles. The zero-order valence-electron chi connectivity index (χ0n) is 18.4. The van der Waals surface area contributed by atoms with E-state index in [1.807, 2.05) is 25.7 Å². The van der Waals surface area contributed by atoms with Crippen molar-refractivity contribution in [1.82, 2.24) is 4.90 Å². The molecule has 0 aromatic heterocycles. The Bertz CT molecular complexity index is 724. The lowest BCUT2D eigenvalue weighted by Gasteiger charge is -2.35. The second-order valence-corrected chi connectivity index (χ2v) is 9.21. The predicted molar refractivity (Wildman–Crippen MR) is 113 cm³/mol. The summed E-state index contributed by atoms with van der Waals surface area (Å²) < 4.78 is 11.1. The van der Waals surface area contributed by atoms with E-state index in [0.717, 1.165) is 45.4 Å². The van der Waals surface area contributed by atoms with Gasteiger partial charge in [0.25, 0.3) is 0 Å². The van der Waals surface area contributed by atoms with E-state index in [1.165, 1.54) is 34.4 Å². The third-order valence-electron chi connectivity index (χ3n) is 5.85. The van der Waals surface area contributed by atoms with Crippen LogP contribution in [-0.4, -0.2) is 56.0 Å². The minimum absolute atomic E-state index is 0.196. The highest BCUT2D eigenvalue weighted by molar-refractivity contribution is 5.69. The summed E-state index contributed by atoms with van der Waals surface area (Å²) in [6.07, 6.45) is 4.13. The molecule has 1 amide bonds. The van der Waals surface area contributed by atoms with Crippen LogP contribution in [0.1, 0.15) is 56.4 Å². The predicted octanol–water partition coefficient (Wildman–Crippen LogP) is 4.12. The fraction of sp³-hybridized carbons (Fsp3) is 0.696. The Morgan fingerprint density at radius 2 is 1.86 bits per heavy atom. The molecule has 0 saturated carbocycles. The number of rotatable bonds is 3. The molecule has 0 fully saturated rings. The van der Waals surface area contributed by atoms with Crippen LogP contribution in [0.2, 0.25) is 0 Å². The summed E-state index contributed by atoms with van der Waals surface area (Å²) in [6, 6.07) is 2.40. The largest absolute Gasteiger partial charge is 0.444 e. The quantitative estimate of drug-likeness (QED) is 0.781. The van der Waals surface area contributed by atoms with Crippen LogP contribution in [0.5, 0.6) is 0 Å². The van der Waals surface area contributed by atoms with Crippen molar-refractivity contribution in [3.8, 4) is 0 Å². The van der Waals surface area contributed by atoms with E-state index in [4.69, 9.17) is 9.47 Å². The van der Waals surface area contributed by atoms with Gasteiger partial charge in [-0.05, 0) is 82.6 Å². The first-order chi connectivity index (χ1) is 13.2. The maximum Gasteiger partial charge on any atom is 0.410 e. The third-order valence-corrected chi connectivity index (χ3v) is 5.85. The number of ether oxygens (including phenoxy) is 2. The van der Waals surface area contributed by atoms with Crippen LogP contribution >= 0.6 is 0 Å². The van der Waals surface area contributed by atoms with E-state index in [0.29, 0.717) is 0 Å². The van der Waals surface area contributed by atoms with Crippen molar-refractivity contribution >= 4 is 11.8 Å². The van der Waals surface area contributed by atoms with Gasteiger partial charge in [0.05, 0.1) is 6.10 Å². The number of hydrogen-bond acceptors (Lipinski definition) is 4. The van der Waals surface area contributed by atoms with Gasteiger partial charge in [0, 0.05) is 39.0 Å². The molecule has 0 spiro atoms. The number of fused-ring (bicyclic) bond motifs is 2. The van der Waals surface area contributed by atoms with Crippen molar-refractivity contribution in [2.45, 2.75) is 72.0 Å². The number of amides is 1. The first-order valence-corrected chi connectivity index (χ1v) is 10.6. The SMILES string of the molecule is CO[C@@H](C)CN1CCCc2cc3c(c(C)c21)CCN(C(=O)OC(C)(C)C)CC3. The second-order valence-electron chi connectivity index (χ2n) is 9.21. The number of carbonyl (C=O) groups excluding carboxylic acids is 1. The first kappa shape index (κ1) is 21.0. The lowest BCUT2D eigenvalue weighted by molar-refractivity contribution is 0.0258. The highest BCUT2D eigenvalue weighted by Gasteiger charge is 2.28. The van der Waals surface area contributed by atoms with Crippen LogP contribution in [0, 0.1) is 6.92 Å². The summed E-state index contributed by atoms with van der Waals surface area (Å²) >= 11 is 0. The zero-order valence-corrected chi connectivity index (χ0v) is 18.4. The van der Waals surface area contributed by atoms with Crippen molar-refractivity contribution in [2.75, 3.05) is 38.2 Å². The van der Waals surface area contributed by atoms with E-state index >= 15 is 0 Å². The number of carbonyl (C=O) groups is 1. The fourth-order valence-electron chi connectivity index (χ4n) is 4.46. The number of benzene rings is 1. The number of methoxy groups -OCH3 is 1. The average molecular weight is 389 g/mol. The standard InChI is InChI=1S/C23H36N2O3/c1-16(27-6)15-25-11-7-8-19-14-18-9-12-24(22(26)28-23(3,4)5)13-10-20(18)17(2)21(19)25/h14,16H,7-13,15H2,1-6H3/t16-/m0/s1. The molecule has 28 heavy (non-hydrogen) atoms. The van der Waals surface area contributed by atoms with Gasteiger partial charge in [-0.2, -0.15) is 0 Å².